The second-order valence-corrected chi connectivity index (χ2v) is 5.10. The number of nitrogens with zero attached hydrogens (tertiary/aromatic N) is 2. The predicted molar refractivity (Wildman–Crippen MR) is 76.6 cm³/mol. The monoisotopic (exact) mass is 311 g/mol. The number of nitrogens with one attached hydrogen (secondary N) is 1. The minimum atomic E-state index is -1.02. The van der Waals surface area contributed by atoms with Gasteiger partial charge >= 0.3 is 0 Å². The Bertz CT molecular complexity index is 672. The minimum absolute atomic E-state index is 0.0136. The first-order valence-electron chi connectivity index (χ1n) is 6.30. The van der Waals surface area contributed by atoms with Crippen molar-refractivity contribution in [3.8, 4) is 0 Å². The van der Waals surface area contributed by atoms with E-state index in [0.29, 0.717) is 11.3 Å². The molecule has 1 atom stereocenters. The maximum Gasteiger partial charge on any atom is 0.269 e. The summed E-state index contributed by atoms with van der Waals surface area (Å²) in [4.78, 5) is 12.0. The van der Waals surface area contributed by atoms with Crippen molar-refractivity contribution in [3.63, 3.8) is 0 Å². The molecular formula is C14H15ClFN3O2. The lowest BCUT2D eigenvalue weighted by Crippen LogP contribution is -2.29. The maximum absolute atomic E-state index is 13.3. The third-order valence-corrected chi connectivity index (χ3v) is 3.33. The van der Waals surface area contributed by atoms with E-state index < -0.39 is 11.9 Å². The van der Waals surface area contributed by atoms with Crippen molar-refractivity contribution < 1.29 is 14.3 Å². The van der Waals surface area contributed by atoms with Gasteiger partial charge in [-0.1, -0.05) is 17.7 Å². The molecule has 1 unspecified atom stereocenters. The smallest absolute Gasteiger partial charge is 0.269 e. The lowest BCUT2D eigenvalue weighted by atomic mass is 10.1. The van der Waals surface area contributed by atoms with Crippen LogP contribution >= 0.6 is 11.6 Å². The quantitative estimate of drug-likeness (QED) is 0.907. The van der Waals surface area contributed by atoms with Crippen LogP contribution in [0.25, 0.3) is 0 Å². The lowest BCUT2D eigenvalue weighted by Gasteiger charge is -2.12. The highest BCUT2D eigenvalue weighted by Crippen LogP contribution is 2.20. The summed E-state index contributed by atoms with van der Waals surface area (Å²) in [7, 11) is 1.66. The van der Waals surface area contributed by atoms with Gasteiger partial charge in [-0.05, 0) is 30.7 Å². The molecule has 2 N–H and O–H groups in total. The number of rotatable bonds is 4. The van der Waals surface area contributed by atoms with Crippen molar-refractivity contribution in [1.29, 1.82) is 0 Å². The lowest BCUT2D eigenvalue weighted by molar-refractivity contribution is 0.0907. The average molecular weight is 312 g/mol. The Morgan fingerprint density at radius 2 is 2.24 bits per heavy atom. The maximum atomic E-state index is 13.3. The fourth-order valence-electron chi connectivity index (χ4n) is 1.94. The van der Waals surface area contributed by atoms with Crippen LogP contribution in [0, 0.1) is 12.7 Å². The Kier molecular flexibility index (Phi) is 4.59. The number of aliphatic hydroxyl groups is 1. The SMILES string of the molecule is Cc1cc(C(=O)NCC(O)c2ccc(Cl)c(F)c2)n(C)n1. The average Bonchev–Trinajstić information content (AvgIpc) is 2.77. The van der Waals surface area contributed by atoms with Crippen LogP contribution in [-0.4, -0.2) is 27.3 Å². The summed E-state index contributed by atoms with van der Waals surface area (Å²) in [5, 5.41) is 16.6. The molecule has 0 aliphatic rings. The van der Waals surface area contributed by atoms with Crippen LogP contribution in [0.1, 0.15) is 27.8 Å². The van der Waals surface area contributed by atoms with Crippen molar-refractivity contribution in [2.75, 3.05) is 6.54 Å². The Morgan fingerprint density at radius 1 is 1.52 bits per heavy atom. The zero-order valence-corrected chi connectivity index (χ0v) is 12.4. The molecule has 0 aliphatic heterocycles. The molecule has 0 fully saturated rings. The Morgan fingerprint density at radius 3 is 2.81 bits per heavy atom. The van der Waals surface area contributed by atoms with Gasteiger partial charge in [0.1, 0.15) is 11.5 Å². The van der Waals surface area contributed by atoms with Gasteiger partial charge in [-0.25, -0.2) is 4.39 Å². The molecule has 21 heavy (non-hydrogen) atoms. The summed E-state index contributed by atoms with van der Waals surface area (Å²) in [5.41, 5.74) is 1.46. The van der Waals surface area contributed by atoms with Gasteiger partial charge in [-0.3, -0.25) is 9.48 Å². The molecule has 0 bridgehead atoms. The first kappa shape index (κ1) is 15.5. The van der Waals surface area contributed by atoms with E-state index in [-0.39, 0.29) is 17.5 Å². The number of aliphatic hydroxyl groups excluding tert-OH is 1. The highest BCUT2D eigenvalue weighted by Gasteiger charge is 2.15. The van der Waals surface area contributed by atoms with Crippen molar-refractivity contribution in [1.82, 2.24) is 15.1 Å². The molecule has 1 heterocycles. The van der Waals surface area contributed by atoms with E-state index in [0.717, 1.165) is 11.8 Å². The summed E-state index contributed by atoms with van der Waals surface area (Å²) < 4.78 is 14.8. The zero-order valence-electron chi connectivity index (χ0n) is 11.6. The number of hydrogen-bond donors (Lipinski definition) is 2. The van der Waals surface area contributed by atoms with E-state index in [1.54, 1.807) is 20.0 Å². The molecule has 1 aromatic heterocycles. The first-order valence-corrected chi connectivity index (χ1v) is 6.68. The van der Waals surface area contributed by atoms with Crippen LogP contribution in [0.15, 0.2) is 24.3 Å². The van der Waals surface area contributed by atoms with E-state index in [1.165, 1.54) is 16.8 Å². The minimum Gasteiger partial charge on any atom is -0.387 e. The van der Waals surface area contributed by atoms with E-state index in [9.17, 15) is 14.3 Å². The fourth-order valence-corrected chi connectivity index (χ4v) is 2.06. The summed E-state index contributed by atoms with van der Waals surface area (Å²) in [6, 6.07) is 5.66. The van der Waals surface area contributed by atoms with E-state index >= 15 is 0 Å². The van der Waals surface area contributed by atoms with Gasteiger partial charge in [0, 0.05) is 13.6 Å². The molecule has 0 radical (unpaired) electrons. The number of carbonyl (C=O) groups excluding carboxylic acids is 1. The van der Waals surface area contributed by atoms with Crippen LogP contribution in [-0.2, 0) is 7.05 Å². The van der Waals surface area contributed by atoms with Crippen LogP contribution in [0.2, 0.25) is 5.02 Å². The number of halogens is 2. The molecule has 7 heteroatoms. The summed E-state index contributed by atoms with van der Waals surface area (Å²) in [6.45, 7) is 1.74. The predicted octanol–water partition coefficient (Wildman–Crippen LogP) is 1.98. The van der Waals surface area contributed by atoms with Crippen LogP contribution in [0.3, 0.4) is 0 Å². The summed E-state index contributed by atoms with van der Waals surface area (Å²) in [6.07, 6.45) is -1.02. The third-order valence-electron chi connectivity index (χ3n) is 3.02. The molecule has 1 aromatic carbocycles. The number of carbonyl (C=O) groups is 1. The van der Waals surface area contributed by atoms with Gasteiger partial charge in [0.15, 0.2) is 0 Å². The van der Waals surface area contributed by atoms with Gasteiger partial charge in [0.2, 0.25) is 0 Å². The number of aryl methyl sites for hydroxylation is 2. The molecule has 0 spiro atoms. The molecule has 0 saturated heterocycles. The van der Waals surface area contributed by atoms with Gasteiger partial charge in [-0.15, -0.1) is 0 Å². The summed E-state index contributed by atoms with van der Waals surface area (Å²) >= 11 is 5.58. The van der Waals surface area contributed by atoms with Crippen molar-refractivity contribution in [2.45, 2.75) is 13.0 Å². The fraction of sp³-hybridized carbons (Fsp3) is 0.286. The van der Waals surface area contributed by atoms with Crippen LogP contribution in [0.4, 0.5) is 4.39 Å². The summed E-state index contributed by atoms with van der Waals surface area (Å²) in [5.74, 6) is -0.964. The van der Waals surface area contributed by atoms with Gasteiger partial charge in [0.05, 0.1) is 16.8 Å². The molecule has 0 aliphatic carbocycles. The molecule has 2 aromatic rings. The van der Waals surface area contributed by atoms with E-state index in [1.807, 2.05) is 0 Å². The molecule has 0 saturated carbocycles. The van der Waals surface area contributed by atoms with E-state index in [4.69, 9.17) is 11.6 Å². The Hall–Kier alpha value is -1.92. The number of amides is 1. The molecule has 112 valence electrons. The Labute approximate surface area is 126 Å². The second-order valence-electron chi connectivity index (χ2n) is 4.69. The van der Waals surface area contributed by atoms with Gasteiger partial charge < -0.3 is 10.4 Å². The number of aromatic nitrogens is 2. The molecule has 5 nitrogen and oxygen atoms in total. The van der Waals surface area contributed by atoms with Crippen LogP contribution in [0.5, 0.6) is 0 Å². The van der Waals surface area contributed by atoms with Gasteiger partial charge in [0.25, 0.3) is 5.91 Å². The second kappa shape index (κ2) is 6.24. The topological polar surface area (TPSA) is 67.2 Å². The number of benzene rings is 1. The zero-order chi connectivity index (χ0) is 15.6. The molecule has 1 amide bonds. The van der Waals surface area contributed by atoms with Gasteiger partial charge in [-0.2, -0.15) is 5.10 Å². The highest BCUT2D eigenvalue weighted by atomic mass is 35.5. The van der Waals surface area contributed by atoms with Crippen molar-refractivity contribution >= 4 is 17.5 Å². The normalized spacial score (nSPS) is 12.2. The molecular weight excluding hydrogens is 297 g/mol. The van der Waals surface area contributed by atoms with Crippen LogP contribution < -0.4 is 5.32 Å². The van der Waals surface area contributed by atoms with E-state index in [2.05, 4.69) is 10.4 Å². The Balaban J connectivity index is 2.00. The first-order chi connectivity index (χ1) is 9.88. The van der Waals surface area contributed by atoms with Crippen molar-refractivity contribution in [2.24, 2.45) is 7.05 Å². The highest BCUT2D eigenvalue weighted by molar-refractivity contribution is 6.30. The number of hydrogen-bond acceptors (Lipinski definition) is 3. The standard InChI is InChI=1S/C14H15ClFN3O2/c1-8-5-12(19(2)18-8)14(21)17-7-13(20)9-3-4-10(15)11(16)6-9/h3-6,13,20H,7H2,1-2H3,(H,17,21). The largest absolute Gasteiger partial charge is 0.387 e. The van der Waals surface area contributed by atoms with Crippen molar-refractivity contribution in [3.05, 3.63) is 52.1 Å². The molecule has 2 rings (SSSR count). The third kappa shape index (κ3) is 3.59.